The average Bonchev–Trinajstić information content (AvgIpc) is 2.65. The molecule has 0 bridgehead atoms. The summed E-state index contributed by atoms with van der Waals surface area (Å²) in [6.45, 7) is 2.22. The molecule has 0 heterocycles. The van der Waals surface area contributed by atoms with Gasteiger partial charge in [0.05, 0.1) is 26.2 Å². The Morgan fingerprint density at radius 3 is 2.30 bits per heavy atom. The van der Waals surface area contributed by atoms with E-state index in [1.807, 2.05) is 6.92 Å². The van der Waals surface area contributed by atoms with E-state index in [0.717, 1.165) is 5.56 Å². The van der Waals surface area contributed by atoms with E-state index in [1.54, 1.807) is 42.5 Å². The number of esters is 1. The van der Waals surface area contributed by atoms with Crippen LogP contribution in [0, 0.1) is 5.92 Å². The number of carbonyl (C=O) groups is 1. The fourth-order valence-corrected chi connectivity index (χ4v) is 3.10. The lowest BCUT2D eigenvalue weighted by Gasteiger charge is -2.25. The Morgan fingerprint density at radius 1 is 1.15 bits per heavy atom. The smallest absolute Gasteiger partial charge is 0.309 e. The zero-order valence-electron chi connectivity index (χ0n) is 15.2. The van der Waals surface area contributed by atoms with Gasteiger partial charge in [0.25, 0.3) is 0 Å². The average molecular weight is 412 g/mol. The van der Waals surface area contributed by atoms with E-state index in [9.17, 15) is 9.90 Å². The van der Waals surface area contributed by atoms with Crippen molar-refractivity contribution in [2.45, 2.75) is 25.5 Å². The molecule has 0 aliphatic heterocycles. The number of benzene rings is 2. The zero-order chi connectivity index (χ0) is 20.0. The molecule has 0 aliphatic carbocycles. The summed E-state index contributed by atoms with van der Waals surface area (Å²) < 4.78 is 10.4. The topological polar surface area (TPSA) is 81.8 Å². The minimum absolute atomic E-state index is 0.132. The summed E-state index contributed by atoms with van der Waals surface area (Å²) in [5.74, 6) is 0.230. The van der Waals surface area contributed by atoms with Gasteiger partial charge in [-0.05, 0) is 41.5 Å². The molecule has 3 unspecified atom stereocenters. The second kappa shape index (κ2) is 9.95. The fraction of sp³-hybridized carbons (Fsp3) is 0.350. The van der Waals surface area contributed by atoms with Gasteiger partial charge in [-0.15, -0.1) is 0 Å². The van der Waals surface area contributed by atoms with Crippen LogP contribution in [-0.2, 0) is 16.0 Å². The maximum atomic E-state index is 11.3. The van der Waals surface area contributed by atoms with Crippen LogP contribution >= 0.6 is 23.2 Å². The van der Waals surface area contributed by atoms with Gasteiger partial charge in [0, 0.05) is 22.0 Å². The maximum Gasteiger partial charge on any atom is 0.309 e. The molecule has 2 aromatic rings. The molecule has 0 radical (unpaired) electrons. The fourth-order valence-electron chi connectivity index (χ4n) is 2.56. The number of aliphatic hydroxyl groups is 1. The molecule has 0 spiro atoms. The maximum absolute atomic E-state index is 11.3. The van der Waals surface area contributed by atoms with Crippen LogP contribution in [0.4, 0.5) is 0 Å². The second-order valence-corrected chi connectivity index (χ2v) is 7.28. The van der Waals surface area contributed by atoms with Crippen molar-refractivity contribution in [3.8, 4) is 5.75 Å². The molecule has 5 nitrogen and oxygen atoms in total. The van der Waals surface area contributed by atoms with Gasteiger partial charge in [0.15, 0.2) is 0 Å². The predicted molar refractivity (Wildman–Crippen MR) is 106 cm³/mol. The normalized spacial score (nSPS) is 14.3. The summed E-state index contributed by atoms with van der Waals surface area (Å²) in [6, 6.07) is 11.5. The lowest BCUT2D eigenvalue weighted by Crippen LogP contribution is -2.37. The highest BCUT2D eigenvalue weighted by Gasteiger charge is 2.24. The van der Waals surface area contributed by atoms with Crippen molar-refractivity contribution in [3.05, 3.63) is 63.6 Å². The van der Waals surface area contributed by atoms with E-state index in [-0.39, 0.29) is 18.3 Å². The zero-order valence-corrected chi connectivity index (χ0v) is 16.7. The molecule has 0 aromatic heterocycles. The van der Waals surface area contributed by atoms with Crippen LogP contribution in [0.15, 0.2) is 42.5 Å². The van der Waals surface area contributed by atoms with E-state index >= 15 is 0 Å². The van der Waals surface area contributed by atoms with E-state index in [2.05, 4.69) is 4.74 Å². The lowest BCUT2D eigenvalue weighted by atomic mass is 9.93. The Labute approximate surface area is 169 Å². The highest BCUT2D eigenvalue weighted by atomic mass is 35.5. The van der Waals surface area contributed by atoms with Crippen LogP contribution < -0.4 is 10.5 Å². The number of aliphatic hydroxyl groups excluding tert-OH is 1. The number of methoxy groups -OCH3 is 1. The van der Waals surface area contributed by atoms with E-state index in [4.69, 9.17) is 33.7 Å². The van der Waals surface area contributed by atoms with Crippen molar-refractivity contribution >= 4 is 29.2 Å². The van der Waals surface area contributed by atoms with Crippen LogP contribution in [0.3, 0.4) is 0 Å². The van der Waals surface area contributed by atoms with Gasteiger partial charge in [0.2, 0.25) is 0 Å². The summed E-state index contributed by atoms with van der Waals surface area (Å²) in [5, 5.41) is 11.4. The minimum atomic E-state index is -0.915. The monoisotopic (exact) mass is 411 g/mol. The number of ether oxygens (including phenoxy) is 2. The largest absolute Gasteiger partial charge is 0.493 e. The molecule has 27 heavy (non-hydrogen) atoms. The third-order valence-corrected chi connectivity index (χ3v) is 4.70. The highest BCUT2D eigenvalue weighted by molar-refractivity contribution is 6.34. The van der Waals surface area contributed by atoms with Gasteiger partial charge in [-0.3, -0.25) is 4.79 Å². The molecule has 0 aliphatic rings. The van der Waals surface area contributed by atoms with Gasteiger partial charge < -0.3 is 20.3 Å². The van der Waals surface area contributed by atoms with Crippen LogP contribution in [0.25, 0.3) is 0 Å². The molecule has 2 aromatic carbocycles. The summed E-state index contributed by atoms with van der Waals surface area (Å²) in [6.07, 6.45) is -0.700. The number of hydrogen-bond acceptors (Lipinski definition) is 5. The Bertz CT molecular complexity index is 747. The van der Waals surface area contributed by atoms with Crippen molar-refractivity contribution in [1.29, 1.82) is 0 Å². The second-order valence-electron chi connectivity index (χ2n) is 6.41. The quantitative estimate of drug-likeness (QED) is 0.645. The number of hydrogen-bond donors (Lipinski definition) is 2. The van der Waals surface area contributed by atoms with E-state index in [1.165, 1.54) is 7.11 Å². The molecular formula is C20H23Cl2NO4. The number of rotatable bonds is 8. The first-order chi connectivity index (χ1) is 12.8. The van der Waals surface area contributed by atoms with Gasteiger partial charge in [-0.25, -0.2) is 0 Å². The van der Waals surface area contributed by atoms with Crippen molar-refractivity contribution in [2.24, 2.45) is 11.7 Å². The first-order valence-corrected chi connectivity index (χ1v) is 9.24. The Kier molecular flexibility index (Phi) is 7.92. The Balaban J connectivity index is 1.92. The van der Waals surface area contributed by atoms with Crippen LogP contribution in [0.5, 0.6) is 5.75 Å². The third kappa shape index (κ3) is 6.40. The molecule has 146 valence electrons. The van der Waals surface area contributed by atoms with E-state index in [0.29, 0.717) is 28.0 Å². The molecule has 0 fully saturated rings. The summed E-state index contributed by atoms with van der Waals surface area (Å²) >= 11 is 12.0. The molecule has 0 saturated carbocycles. The minimum Gasteiger partial charge on any atom is -0.493 e. The van der Waals surface area contributed by atoms with Crippen molar-refractivity contribution in [1.82, 2.24) is 0 Å². The summed E-state index contributed by atoms with van der Waals surface area (Å²) in [4.78, 5) is 11.3. The van der Waals surface area contributed by atoms with Crippen molar-refractivity contribution in [2.75, 3.05) is 13.7 Å². The van der Waals surface area contributed by atoms with Crippen LogP contribution in [-0.4, -0.2) is 30.8 Å². The molecular weight excluding hydrogens is 389 g/mol. The van der Waals surface area contributed by atoms with Gasteiger partial charge in [0.1, 0.15) is 5.75 Å². The first-order valence-electron chi connectivity index (χ1n) is 8.48. The number of nitrogens with two attached hydrogens (primary N) is 1. The summed E-state index contributed by atoms with van der Waals surface area (Å²) in [5.41, 5.74) is 7.59. The predicted octanol–water partition coefficient (Wildman–Crippen LogP) is 3.78. The number of carbonyl (C=O) groups excluding carboxylic acids is 1. The van der Waals surface area contributed by atoms with Gasteiger partial charge >= 0.3 is 5.97 Å². The molecule has 3 atom stereocenters. The highest BCUT2D eigenvalue weighted by Crippen LogP contribution is 2.27. The van der Waals surface area contributed by atoms with Crippen molar-refractivity contribution < 1.29 is 19.4 Å². The Morgan fingerprint density at radius 2 is 1.74 bits per heavy atom. The molecule has 3 N–H and O–H groups in total. The van der Waals surface area contributed by atoms with Gasteiger partial charge in [-0.1, -0.05) is 42.3 Å². The SMILES string of the molecule is COC(=O)Cc1ccc(OCC(C)C(N)C(O)c2cc(Cl)cc(Cl)c2)cc1. The van der Waals surface area contributed by atoms with Crippen LogP contribution in [0.2, 0.25) is 10.0 Å². The standard InChI is InChI=1S/C20H23Cl2NO4/c1-12(19(23)20(25)14-8-15(21)10-16(22)9-14)11-27-17-5-3-13(4-6-17)7-18(24)26-2/h3-6,8-10,12,19-20,25H,7,11,23H2,1-2H3. The molecule has 0 amide bonds. The molecule has 0 saturated heterocycles. The van der Waals surface area contributed by atoms with Gasteiger partial charge in [-0.2, -0.15) is 0 Å². The first kappa shape index (κ1) is 21.5. The van der Waals surface area contributed by atoms with Crippen molar-refractivity contribution in [3.63, 3.8) is 0 Å². The third-order valence-electron chi connectivity index (χ3n) is 4.26. The van der Waals surface area contributed by atoms with E-state index < -0.39 is 12.1 Å². The number of halogens is 2. The molecule has 2 rings (SSSR count). The van der Waals surface area contributed by atoms with Crippen LogP contribution in [0.1, 0.15) is 24.2 Å². The Hall–Kier alpha value is -1.79. The molecule has 7 heteroatoms. The summed E-state index contributed by atoms with van der Waals surface area (Å²) in [7, 11) is 1.36. The lowest BCUT2D eigenvalue weighted by molar-refractivity contribution is -0.139.